The van der Waals surface area contributed by atoms with Gasteiger partial charge in [0.2, 0.25) is 5.95 Å². The molecule has 0 spiro atoms. The molecule has 1 atom stereocenters. The molecule has 172 valence electrons. The lowest BCUT2D eigenvalue weighted by atomic mass is 9.92. The molecule has 2 aliphatic heterocycles. The van der Waals surface area contributed by atoms with Crippen molar-refractivity contribution in [3.8, 4) is 28.4 Å². The topological polar surface area (TPSA) is 95.6 Å². The number of ether oxygens (including phenoxy) is 3. The molecule has 0 amide bonds. The molecule has 8 nitrogen and oxygen atoms in total. The molecular weight excluding hydrogens is 418 g/mol. The summed E-state index contributed by atoms with van der Waals surface area (Å²) in [7, 11) is 1.70. The van der Waals surface area contributed by atoms with Crippen LogP contribution in [0, 0.1) is 6.92 Å². The van der Waals surface area contributed by atoms with E-state index in [0.29, 0.717) is 19.1 Å². The summed E-state index contributed by atoms with van der Waals surface area (Å²) < 4.78 is 17.2. The highest BCUT2D eigenvalue weighted by Gasteiger charge is 2.25. The van der Waals surface area contributed by atoms with Gasteiger partial charge in [-0.05, 0) is 50.1 Å². The lowest BCUT2D eigenvalue weighted by molar-refractivity contribution is 0.168. The summed E-state index contributed by atoms with van der Waals surface area (Å²) in [5.74, 6) is 3.01. The number of anilines is 1. The number of pyridine rings is 1. The molecule has 3 aromatic rings. The highest BCUT2D eigenvalue weighted by Crippen LogP contribution is 2.38. The molecular formula is C25H29N5O3. The molecule has 4 heterocycles. The Bertz CT molecular complexity index is 1140. The van der Waals surface area contributed by atoms with Crippen LogP contribution >= 0.6 is 0 Å². The monoisotopic (exact) mass is 447 g/mol. The van der Waals surface area contributed by atoms with Gasteiger partial charge in [-0.25, -0.2) is 9.97 Å². The van der Waals surface area contributed by atoms with E-state index in [4.69, 9.17) is 24.9 Å². The SMILES string of the molecule is COc1cc2c(cc1CN1CCC[C@H](c3cc(-c4cnc(N)nc4)cc(C)n3)C1)OCCO2. The molecule has 8 heteroatoms. The van der Waals surface area contributed by atoms with Crippen molar-refractivity contribution in [3.05, 3.63) is 53.6 Å². The van der Waals surface area contributed by atoms with Crippen LogP contribution in [-0.2, 0) is 6.54 Å². The first-order valence-corrected chi connectivity index (χ1v) is 11.3. The molecule has 5 rings (SSSR count). The number of nitrogens with two attached hydrogens (primary N) is 1. The molecule has 0 radical (unpaired) electrons. The van der Waals surface area contributed by atoms with E-state index in [1.54, 1.807) is 19.5 Å². The Morgan fingerprint density at radius 1 is 1.06 bits per heavy atom. The highest BCUT2D eigenvalue weighted by molar-refractivity contribution is 5.63. The van der Waals surface area contributed by atoms with Gasteiger partial charge in [-0.15, -0.1) is 0 Å². The van der Waals surface area contributed by atoms with Crippen LogP contribution in [-0.4, -0.2) is 53.3 Å². The van der Waals surface area contributed by atoms with Crippen LogP contribution in [0.4, 0.5) is 5.95 Å². The Morgan fingerprint density at radius 3 is 2.58 bits per heavy atom. The zero-order valence-electron chi connectivity index (χ0n) is 19.1. The normalized spacial score (nSPS) is 18.2. The van der Waals surface area contributed by atoms with Crippen LogP contribution in [0.15, 0.2) is 36.7 Å². The molecule has 1 saturated heterocycles. The molecule has 0 saturated carbocycles. The number of rotatable bonds is 5. The molecule has 1 fully saturated rings. The minimum Gasteiger partial charge on any atom is -0.496 e. The quantitative estimate of drug-likeness (QED) is 0.634. The average Bonchev–Trinajstić information content (AvgIpc) is 2.84. The van der Waals surface area contributed by atoms with Gasteiger partial charge in [-0.3, -0.25) is 9.88 Å². The second kappa shape index (κ2) is 9.23. The number of aromatic nitrogens is 3. The molecule has 2 aromatic heterocycles. The minimum absolute atomic E-state index is 0.280. The van der Waals surface area contributed by atoms with Crippen molar-refractivity contribution in [3.63, 3.8) is 0 Å². The first kappa shape index (κ1) is 21.5. The molecule has 0 aliphatic carbocycles. The van der Waals surface area contributed by atoms with Crippen molar-refractivity contribution in [1.82, 2.24) is 19.9 Å². The maximum atomic E-state index is 5.79. The summed E-state index contributed by atoms with van der Waals surface area (Å²) in [6, 6.07) is 8.23. The number of methoxy groups -OCH3 is 1. The number of benzene rings is 1. The Balaban J connectivity index is 1.36. The third-order valence-electron chi connectivity index (χ3n) is 6.24. The number of hydrogen-bond acceptors (Lipinski definition) is 8. The second-order valence-corrected chi connectivity index (χ2v) is 8.63. The van der Waals surface area contributed by atoms with Gasteiger partial charge in [-0.2, -0.15) is 0 Å². The third-order valence-corrected chi connectivity index (χ3v) is 6.24. The first-order valence-electron chi connectivity index (χ1n) is 11.3. The number of likely N-dealkylation sites (tertiary alicyclic amines) is 1. The summed E-state index contributed by atoms with van der Waals surface area (Å²) in [6.45, 7) is 5.94. The van der Waals surface area contributed by atoms with Crippen LogP contribution in [0.3, 0.4) is 0 Å². The number of nitrogens with zero attached hydrogens (tertiary/aromatic N) is 4. The molecule has 0 bridgehead atoms. The van der Waals surface area contributed by atoms with E-state index in [0.717, 1.165) is 77.8 Å². The molecule has 1 aromatic carbocycles. The number of piperidine rings is 1. The summed E-state index contributed by atoms with van der Waals surface area (Å²) >= 11 is 0. The Kier molecular flexibility index (Phi) is 6.00. The van der Waals surface area contributed by atoms with E-state index < -0.39 is 0 Å². The minimum atomic E-state index is 0.280. The van der Waals surface area contributed by atoms with Gasteiger partial charge >= 0.3 is 0 Å². The molecule has 2 N–H and O–H groups in total. The lowest BCUT2D eigenvalue weighted by Crippen LogP contribution is -2.34. The number of nitrogen functional groups attached to an aromatic ring is 1. The van der Waals surface area contributed by atoms with Gasteiger partial charge in [0, 0.05) is 60.0 Å². The van der Waals surface area contributed by atoms with E-state index in [9.17, 15) is 0 Å². The van der Waals surface area contributed by atoms with Crippen LogP contribution in [0.2, 0.25) is 0 Å². The molecule has 2 aliphatic rings. The number of fused-ring (bicyclic) bond motifs is 1. The van der Waals surface area contributed by atoms with Crippen molar-refractivity contribution in [2.75, 3.05) is 39.1 Å². The lowest BCUT2D eigenvalue weighted by Gasteiger charge is -2.33. The molecule has 33 heavy (non-hydrogen) atoms. The van der Waals surface area contributed by atoms with E-state index in [2.05, 4.69) is 33.1 Å². The Morgan fingerprint density at radius 2 is 1.82 bits per heavy atom. The zero-order chi connectivity index (χ0) is 22.8. The smallest absolute Gasteiger partial charge is 0.219 e. The van der Waals surface area contributed by atoms with Crippen LogP contribution in [0.25, 0.3) is 11.1 Å². The van der Waals surface area contributed by atoms with Crippen molar-refractivity contribution in [2.24, 2.45) is 0 Å². The Hall–Kier alpha value is -3.39. The van der Waals surface area contributed by atoms with Crippen molar-refractivity contribution in [1.29, 1.82) is 0 Å². The fourth-order valence-electron chi connectivity index (χ4n) is 4.66. The van der Waals surface area contributed by atoms with E-state index in [1.165, 1.54) is 0 Å². The van der Waals surface area contributed by atoms with Crippen molar-refractivity contribution in [2.45, 2.75) is 32.2 Å². The van der Waals surface area contributed by atoms with Crippen LogP contribution in [0.5, 0.6) is 17.2 Å². The van der Waals surface area contributed by atoms with Gasteiger partial charge in [0.1, 0.15) is 19.0 Å². The summed E-state index contributed by atoms with van der Waals surface area (Å²) in [5, 5.41) is 0. The van der Waals surface area contributed by atoms with Gasteiger partial charge in [-0.1, -0.05) is 0 Å². The van der Waals surface area contributed by atoms with Crippen LogP contribution in [0.1, 0.15) is 35.7 Å². The van der Waals surface area contributed by atoms with Gasteiger partial charge < -0.3 is 19.9 Å². The maximum Gasteiger partial charge on any atom is 0.219 e. The number of hydrogen-bond donors (Lipinski definition) is 1. The van der Waals surface area contributed by atoms with Gasteiger partial charge in [0.25, 0.3) is 0 Å². The Labute approximate surface area is 193 Å². The predicted molar refractivity (Wildman–Crippen MR) is 126 cm³/mol. The van der Waals surface area contributed by atoms with E-state index in [1.807, 2.05) is 13.0 Å². The summed E-state index contributed by atoms with van der Waals surface area (Å²) in [5.41, 5.74) is 10.9. The van der Waals surface area contributed by atoms with Crippen LogP contribution < -0.4 is 19.9 Å². The fourth-order valence-corrected chi connectivity index (χ4v) is 4.66. The second-order valence-electron chi connectivity index (χ2n) is 8.63. The van der Waals surface area contributed by atoms with Crippen molar-refractivity contribution >= 4 is 5.95 Å². The van der Waals surface area contributed by atoms with Gasteiger partial charge in [0.05, 0.1) is 7.11 Å². The summed E-state index contributed by atoms with van der Waals surface area (Å²) in [6.07, 6.45) is 5.76. The largest absolute Gasteiger partial charge is 0.496 e. The third kappa shape index (κ3) is 4.71. The van der Waals surface area contributed by atoms with E-state index >= 15 is 0 Å². The van der Waals surface area contributed by atoms with Crippen molar-refractivity contribution < 1.29 is 14.2 Å². The molecule has 0 unspecified atom stereocenters. The summed E-state index contributed by atoms with van der Waals surface area (Å²) in [4.78, 5) is 15.6. The zero-order valence-corrected chi connectivity index (χ0v) is 19.1. The average molecular weight is 448 g/mol. The number of aryl methyl sites for hydroxylation is 1. The van der Waals surface area contributed by atoms with Gasteiger partial charge in [0.15, 0.2) is 11.5 Å². The maximum absolute atomic E-state index is 5.79. The highest BCUT2D eigenvalue weighted by atomic mass is 16.6. The predicted octanol–water partition coefficient (Wildman–Crippen LogP) is 3.59. The standard InChI is InChI=1S/C25H29N5O3/c1-16-8-18(20-12-27-25(26)28-13-20)9-21(29-16)17-4-3-5-30(14-17)15-19-10-23-24(11-22(19)31-2)33-7-6-32-23/h8-13,17H,3-7,14-15H2,1-2H3,(H2,26,27,28)/t17-/m0/s1. The first-order chi connectivity index (χ1) is 16.1. The van der Waals surface area contributed by atoms with E-state index in [-0.39, 0.29) is 5.95 Å². The fraction of sp³-hybridized carbons (Fsp3) is 0.400.